The third kappa shape index (κ3) is 2.74. The topological polar surface area (TPSA) is 26.3 Å². The standard InChI is InChI=1S/C15H13FO2/c1-2-14(17)11-6-5-7-12(10-11)18-15-9-4-3-8-13(15)16/h3-10H,2H2,1H3. The summed E-state index contributed by atoms with van der Waals surface area (Å²) in [6, 6.07) is 12.9. The van der Waals surface area contributed by atoms with E-state index < -0.39 is 5.82 Å². The fourth-order valence-electron chi connectivity index (χ4n) is 1.59. The first kappa shape index (κ1) is 12.3. The van der Waals surface area contributed by atoms with Gasteiger partial charge in [0.1, 0.15) is 5.75 Å². The number of carbonyl (C=O) groups excluding carboxylic acids is 1. The molecule has 0 amide bonds. The molecule has 0 aliphatic rings. The molecule has 2 rings (SSSR count). The molecule has 0 unspecified atom stereocenters. The number of carbonyl (C=O) groups is 1. The Bertz CT molecular complexity index is 564. The normalized spacial score (nSPS) is 10.1. The van der Waals surface area contributed by atoms with E-state index in [9.17, 15) is 9.18 Å². The van der Waals surface area contributed by atoms with Crippen LogP contribution in [0.25, 0.3) is 0 Å². The molecule has 0 atom stereocenters. The van der Waals surface area contributed by atoms with Gasteiger partial charge in [-0.05, 0) is 24.3 Å². The molecule has 0 saturated carbocycles. The highest BCUT2D eigenvalue weighted by molar-refractivity contribution is 5.96. The van der Waals surface area contributed by atoms with Gasteiger partial charge in [-0.25, -0.2) is 4.39 Å². The summed E-state index contributed by atoms with van der Waals surface area (Å²) in [4.78, 5) is 11.6. The molecule has 92 valence electrons. The van der Waals surface area contributed by atoms with E-state index in [-0.39, 0.29) is 11.5 Å². The third-order valence-corrected chi connectivity index (χ3v) is 2.54. The monoisotopic (exact) mass is 244 g/mol. The summed E-state index contributed by atoms with van der Waals surface area (Å²) in [5, 5.41) is 0. The second-order valence-electron chi connectivity index (χ2n) is 3.84. The number of hydrogen-bond acceptors (Lipinski definition) is 2. The highest BCUT2D eigenvalue weighted by Crippen LogP contribution is 2.24. The third-order valence-electron chi connectivity index (χ3n) is 2.54. The first-order chi connectivity index (χ1) is 8.70. The van der Waals surface area contributed by atoms with Crippen LogP contribution in [0.1, 0.15) is 23.7 Å². The molecule has 18 heavy (non-hydrogen) atoms. The van der Waals surface area contributed by atoms with Crippen LogP contribution >= 0.6 is 0 Å². The van der Waals surface area contributed by atoms with Crippen LogP contribution < -0.4 is 4.74 Å². The van der Waals surface area contributed by atoms with Gasteiger partial charge in [-0.3, -0.25) is 4.79 Å². The molecule has 0 fully saturated rings. The van der Waals surface area contributed by atoms with Crippen molar-refractivity contribution < 1.29 is 13.9 Å². The second-order valence-corrected chi connectivity index (χ2v) is 3.84. The molecule has 0 spiro atoms. The Morgan fingerprint density at radius 1 is 1.17 bits per heavy atom. The Morgan fingerprint density at radius 2 is 1.94 bits per heavy atom. The Morgan fingerprint density at radius 3 is 2.67 bits per heavy atom. The van der Waals surface area contributed by atoms with Gasteiger partial charge in [-0.1, -0.05) is 31.2 Å². The Balaban J connectivity index is 2.25. The van der Waals surface area contributed by atoms with Crippen molar-refractivity contribution in [3.8, 4) is 11.5 Å². The average molecular weight is 244 g/mol. The van der Waals surface area contributed by atoms with E-state index in [4.69, 9.17) is 4.74 Å². The summed E-state index contributed by atoms with van der Waals surface area (Å²) in [6.07, 6.45) is 0.434. The minimum Gasteiger partial charge on any atom is -0.454 e. The molecule has 0 saturated heterocycles. The number of ether oxygens (including phenoxy) is 1. The number of halogens is 1. The van der Waals surface area contributed by atoms with Crippen LogP contribution in [-0.2, 0) is 0 Å². The zero-order valence-electron chi connectivity index (χ0n) is 10.0. The molecule has 0 aromatic heterocycles. The first-order valence-corrected chi connectivity index (χ1v) is 5.76. The molecule has 0 heterocycles. The van der Waals surface area contributed by atoms with Crippen LogP contribution in [0.5, 0.6) is 11.5 Å². The van der Waals surface area contributed by atoms with Crippen molar-refractivity contribution >= 4 is 5.78 Å². The second kappa shape index (κ2) is 5.45. The van der Waals surface area contributed by atoms with Crippen molar-refractivity contribution in [3.05, 3.63) is 59.9 Å². The summed E-state index contributed by atoms with van der Waals surface area (Å²) in [5.74, 6) is 0.219. The number of benzene rings is 2. The molecule has 0 N–H and O–H groups in total. The molecule has 0 aliphatic carbocycles. The van der Waals surface area contributed by atoms with E-state index in [0.29, 0.717) is 17.7 Å². The maximum Gasteiger partial charge on any atom is 0.165 e. The summed E-state index contributed by atoms with van der Waals surface area (Å²) < 4.78 is 18.8. The van der Waals surface area contributed by atoms with Crippen molar-refractivity contribution in [1.29, 1.82) is 0 Å². The van der Waals surface area contributed by atoms with Crippen LogP contribution in [0.2, 0.25) is 0 Å². The van der Waals surface area contributed by atoms with Gasteiger partial charge in [0.15, 0.2) is 17.3 Å². The smallest absolute Gasteiger partial charge is 0.165 e. The van der Waals surface area contributed by atoms with E-state index in [2.05, 4.69) is 0 Å². The summed E-state index contributed by atoms with van der Waals surface area (Å²) in [5.41, 5.74) is 0.575. The van der Waals surface area contributed by atoms with Crippen LogP contribution in [0, 0.1) is 5.82 Å². The summed E-state index contributed by atoms with van der Waals surface area (Å²) in [7, 11) is 0. The number of Topliss-reactive ketones (excluding diaryl/α,β-unsaturated/α-hetero) is 1. The molecule has 0 aliphatic heterocycles. The van der Waals surface area contributed by atoms with Gasteiger partial charge in [0.2, 0.25) is 0 Å². The predicted octanol–water partition coefficient (Wildman–Crippen LogP) is 4.21. The molecule has 2 aromatic carbocycles. The summed E-state index contributed by atoms with van der Waals surface area (Å²) >= 11 is 0. The lowest BCUT2D eigenvalue weighted by Gasteiger charge is -2.07. The molecule has 3 heteroatoms. The maximum atomic E-state index is 13.4. The van der Waals surface area contributed by atoms with E-state index in [1.54, 1.807) is 49.4 Å². The van der Waals surface area contributed by atoms with Gasteiger partial charge in [-0.15, -0.1) is 0 Å². The molecular formula is C15H13FO2. The minimum atomic E-state index is -0.426. The Kier molecular flexibility index (Phi) is 3.72. The largest absolute Gasteiger partial charge is 0.454 e. The van der Waals surface area contributed by atoms with E-state index >= 15 is 0 Å². The number of hydrogen-bond donors (Lipinski definition) is 0. The summed E-state index contributed by atoms with van der Waals surface area (Å²) in [6.45, 7) is 1.80. The van der Waals surface area contributed by atoms with Crippen LogP contribution in [0.4, 0.5) is 4.39 Å². The average Bonchev–Trinajstić information content (AvgIpc) is 2.41. The molecule has 2 aromatic rings. The first-order valence-electron chi connectivity index (χ1n) is 5.76. The number of para-hydroxylation sites is 1. The van der Waals surface area contributed by atoms with Gasteiger partial charge in [-0.2, -0.15) is 0 Å². The minimum absolute atomic E-state index is 0.0361. The molecule has 0 bridgehead atoms. The maximum absolute atomic E-state index is 13.4. The van der Waals surface area contributed by atoms with Crippen molar-refractivity contribution in [3.63, 3.8) is 0 Å². The lowest BCUT2D eigenvalue weighted by atomic mass is 10.1. The van der Waals surface area contributed by atoms with Crippen molar-refractivity contribution in [2.45, 2.75) is 13.3 Å². The molecule has 2 nitrogen and oxygen atoms in total. The Hall–Kier alpha value is -2.16. The van der Waals surface area contributed by atoms with Crippen molar-refractivity contribution in [1.82, 2.24) is 0 Å². The van der Waals surface area contributed by atoms with E-state index in [0.717, 1.165) is 0 Å². The Labute approximate surface area is 105 Å². The van der Waals surface area contributed by atoms with Gasteiger partial charge < -0.3 is 4.74 Å². The predicted molar refractivity (Wildman–Crippen MR) is 67.5 cm³/mol. The lowest BCUT2D eigenvalue weighted by Crippen LogP contribution is -1.96. The highest BCUT2D eigenvalue weighted by Gasteiger charge is 2.07. The fraction of sp³-hybridized carbons (Fsp3) is 0.133. The molecule has 0 radical (unpaired) electrons. The number of ketones is 1. The van der Waals surface area contributed by atoms with E-state index in [1.807, 2.05) is 0 Å². The zero-order valence-corrected chi connectivity index (χ0v) is 10.0. The lowest BCUT2D eigenvalue weighted by molar-refractivity contribution is 0.0988. The van der Waals surface area contributed by atoms with Crippen molar-refractivity contribution in [2.75, 3.05) is 0 Å². The SMILES string of the molecule is CCC(=O)c1cccc(Oc2ccccc2F)c1. The van der Waals surface area contributed by atoms with Gasteiger partial charge in [0.05, 0.1) is 0 Å². The van der Waals surface area contributed by atoms with Crippen LogP contribution in [0.3, 0.4) is 0 Å². The molecular weight excluding hydrogens is 231 g/mol. The van der Waals surface area contributed by atoms with Crippen molar-refractivity contribution in [2.24, 2.45) is 0 Å². The van der Waals surface area contributed by atoms with Gasteiger partial charge in [0.25, 0.3) is 0 Å². The fourth-order valence-corrected chi connectivity index (χ4v) is 1.59. The van der Waals surface area contributed by atoms with Gasteiger partial charge >= 0.3 is 0 Å². The van der Waals surface area contributed by atoms with E-state index in [1.165, 1.54) is 6.07 Å². The van der Waals surface area contributed by atoms with Crippen LogP contribution in [-0.4, -0.2) is 5.78 Å². The highest BCUT2D eigenvalue weighted by atomic mass is 19.1. The quantitative estimate of drug-likeness (QED) is 0.753. The number of rotatable bonds is 4. The van der Waals surface area contributed by atoms with Gasteiger partial charge in [0, 0.05) is 12.0 Å². The van der Waals surface area contributed by atoms with Crippen LogP contribution in [0.15, 0.2) is 48.5 Å². The zero-order chi connectivity index (χ0) is 13.0.